The predicted molar refractivity (Wildman–Crippen MR) is 84.0 cm³/mol. The molecule has 1 aliphatic heterocycles. The first-order chi connectivity index (χ1) is 9.61. The summed E-state index contributed by atoms with van der Waals surface area (Å²) in [6, 6.07) is 9.63. The average Bonchev–Trinajstić information content (AvgIpc) is 2.45. The van der Waals surface area contributed by atoms with E-state index in [1.807, 2.05) is 0 Å². The molecule has 1 aromatic carbocycles. The predicted octanol–water partition coefficient (Wildman–Crippen LogP) is 2.75. The van der Waals surface area contributed by atoms with E-state index >= 15 is 0 Å². The quantitative estimate of drug-likeness (QED) is 0.895. The molecule has 3 heteroatoms. The van der Waals surface area contributed by atoms with E-state index in [0.717, 1.165) is 26.1 Å². The Hall–Kier alpha value is -0.900. The number of aryl methyl sites for hydroxylation is 1. The summed E-state index contributed by atoms with van der Waals surface area (Å²) in [7, 11) is 2.06. The highest BCUT2D eigenvalue weighted by Gasteiger charge is 2.24. The van der Waals surface area contributed by atoms with E-state index in [0.29, 0.717) is 18.2 Å². The first-order valence-electron chi connectivity index (χ1n) is 7.70. The minimum atomic E-state index is 0.359. The second-order valence-corrected chi connectivity index (χ2v) is 5.97. The summed E-state index contributed by atoms with van der Waals surface area (Å²) in [6.45, 7) is 9.64. The molecule has 1 fully saturated rings. The number of hydrogen-bond donors (Lipinski definition) is 1. The van der Waals surface area contributed by atoms with Gasteiger partial charge in [-0.25, -0.2) is 0 Å². The molecule has 0 amide bonds. The van der Waals surface area contributed by atoms with Crippen LogP contribution in [0.1, 0.15) is 37.4 Å². The largest absolute Gasteiger partial charge is 0.376 e. The Balaban J connectivity index is 1.95. The zero-order chi connectivity index (χ0) is 14.5. The number of hydrogen-bond acceptors (Lipinski definition) is 3. The van der Waals surface area contributed by atoms with E-state index in [2.05, 4.69) is 62.3 Å². The Labute approximate surface area is 123 Å². The van der Waals surface area contributed by atoms with Crippen LogP contribution in [0.25, 0.3) is 0 Å². The van der Waals surface area contributed by atoms with Crippen molar-refractivity contribution < 1.29 is 4.74 Å². The Morgan fingerprint density at radius 3 is 2.80 bits per heavy atom. The Morgan fingerprint density at radius 1 is 1.35 bits per heavy atom. The lowest BCUT2D eigenvalue weighted by Gasteiger charge is -2.37. The average molecular weight is 276 g/mol. The molecule has 0 aliphatic carbocycles. The first kappa shape index (κ1) is 15.5. The van der Waals surface area contributed by atoms with Crippen molar-refractivity contribution in [2.24, 2.45) is 0 Å². The van der Waals surface area contributed by atoms with Crippen LogP contribution in [-0.4, -0.2) is 43.8 Å². The molecule has 3 nitrogen and oxygen atoms in total. The Morgan fingerprint density at radius 2 is 2.10 bits per heavy atom. The number of ether oxygens (including phenoxy) is 1. The van der Waals surface area contributed by atoms with Gasteiger partial charge < -0.3 is 10.1 Å². The molecule has 3 atom stereocenters. The number of morpholine rings is 1. The van der Waals surface area contributed by atoms with Gasteiger partial charge in [-0.2, -0.15) is 0 Å². The summed E-state index contributed by atoms with van der Waals surface area (Å²) < 4.78 is 5.70. The van der Waals surface area contributed by atoms with Gasteiger partial charge in [-0.3, -0.25) is 4.90 Å². The van der Waals surface area contributed by atoms with Crippen molar-refractivity contribution in [2.45, 2.75) is 45.4 Å². The molecular formula is C17H28N2O. The highest BCUT2D eigenvalue weighted by Crippen LogP contribution is 2.22. The Bertz CT molecular complexity index is 421. The summed E-state index contributed by atoms with van der Waals surface area (Å²) >= 11 is 0. The van der Waals surface area contributed by atoms with Crippen LogP contribution in [0.4, 0.5) is 0 Å². The van der Waals surface area contributed by atoms with Gasteiger partial charge in [0.15, 0.2) is 0 Å². The third-order valence-electron chi connectivity index (χ3n) is 4.35. The van der Waals surface area contributed by atoms with Gasteiger partial charge >= 0.3 is 0 Å². The summed E-state index contributed by atoms with van der Waals surface area (Å²) in [6.07, 6.45) is 1.50. The summed E-state index contributed by atoms with van der Waals surface area (Å²) in [5.41, 5.74) is 2.79. The first-order valence-corrected chi connectivity index (χ1v) is 7.70. The number of benzene rings is 1. The maximum Gasteiger partial charge on any atom is 0.0674 e. The molecule has 112 valence electrons. The van der Waals surface area contributed by atoms with Crippen molar-refractivity contribution >= 4 is 0 Å². The topological polar surface area (TPSA) is 24.5 Å². The molecule has 3 unspecified atom stereocenters. The summed E-state index contributed by atoms with van der Waals surface area (Å²) in [5.74, 6) is 0. The van der Waals surface area contributed by atoms with Gasteiger partial charge in [0, 0.05) is 25.2 Å². The van der Waals surface area contributed by atoms with Crippen LogP contribution in [0.5, 0.6) is 0 Å². The molecule has 1 heterocycles. The Kier molecular flexibility index (Phi) is 5.58. The highest BCUT2D eigenvalue weighted by atomic mass is 16.5. The minimum Gasteiger partial charge on any atom is -0.376 e. The molecule has 1 aromatic rings. The van der Waals surface area contributed by atoms with Crippen LogP contribution in [0.3, 0.4) is 0 Å². The van der Waals surface area contributed by atoms with Crippen LogP contribution in [0, 0.1) is 6.92 Å². The molecule has 0 saturated carbocycles. The zero-order valence-corrected chi connectivity index (χ0v) is 13.2. The third kappa shape index (κ3) is 3.81. The van der Waals surface area contributed by atoms with Gasteiger partial charge in [0.1, 0.15) is 0 Å². The molecule has 2 rings (SSSR count). The van der Waals surface area contributed by atoms with E-state index < -0.39 is 0 Å². The van der Waals surface area contributed by atoms with Crippen LogP contribution in [0.2, 0.25) is 0 Å². The van der Waals surface area contributed by atoms with Gasteiger partial charge in [-0.05, 0) is 45.4 Å². The molecule has 1 aliphatic rings. The van der Waals surface area contributed by atoms with Gasteiger partial charge in [0.25, 0.3) is 0 Å². The lowest BCUT2D eigenvalue weighted by molar-refractivity contribution is -0.0502. The highest BCUT2D eigenvalue weighted by molar-refractivity contribution is 5.28. The van der Waals surface area contributed by atoms with Crippen molar-refractivity contribution in [1.82, 2.24) is 10.2 Å². The number of rotatable bonds is 5. The van der Waals surface area contributed by atoms with Crippen molar-refractivity contribution in [3.8, 4) is 0 Å². The van der Waals surface area contributed by atoms with Gasteiger partial charge in [0.2, 0.25) is 0 Å². The van der Waals surface area contributed by atoms with E-state index in [-0.39, 0.29) is 0 Å². The molecule has 0 spiro atoms. The normalized spacial score (nSPS) is 25.6. The second kappa shape index (κ2) is 7.21. The van der Waals surface area contributed by atoms with E-state index in [1.165, 1.54) is 11.1 Å². The second-order valence-electron chi connectivity index (χ2n) is 5.97. The molecule has 1 saturated heterocycles. The standard InChI is InChI=1S/C17H28N2O/c1-13-7-5-6-8-16(13)17(18-4)9-10-19-11-15(3)20-12-14(19)2/h5-8,14-15,17-18H,9-12H2,1-4H3. The van der Waals surface area contributed by atoms with Crippen molar-refractivity contribution in [1.29, 1.82) is 0 Å². The molecule has 0 aromatic heterocycles. The maximum atomic E-state index is 5.70. The fourth-order valence-corrected chi connectivity index (χ4v) is 3.01. The number of nitrogens with one attached hydrogen (secondary N) is 1. The zero-order valence-electron chi connectivity index (χ0n) is 13.2. The van der Waals surface area contributed by atoms with E-state index in [9.17, 15) is 0 Å². The smallest absolute Gasteiger partial charge is 0.0674 e. The molecule has 20 heavy (non-hydrogen) atoms. The van der Waals surface area contributed by atoms with Crippen molar-refractivity contribution in [2.75, 3.05) is 26.7 Å². The third-order valence-corrected chi connectivity index (χ3v) is 4.35. The summed E-state index contributed by atoms with van der Waals surface area (Å²) in [4.78, 5) is 2.55. The minimum absolute atomic E-state index is 0.359. The van der Waals surface area contributed by atoms with Gasteiger partial charge in [-0.15, -0.1) is 0 Å². The lowest BCUT2D eigenvalue weighted by atomic mass is 9.98. The van der Waals surface area contributed by atoms with Crippen molar-refractivity contribution in [3.63, 3.8) is 0 Å². The molecule has 0 radical (unpaired) electrons. The van der Waals surface area contributed by atoms with Crippen LogP contribution < -0.4 is 5.32 Å². The van der Waals surface area contributed by atoms with E-state index in [1.54, 1.807) is 0 Å². The van der Waals surface area contributed by atoms with Gasteiger partial charge in [0.05, 0.1) is 12.7 Å². The van der Waals surface area contributed by atoms with Crippen LogP contribution in [-0.2, 0) is 4.74 Å². The lowest BCUT2D eigenvalue weighted by Crippen LogP contribution is -2.48. The SMILES string of the molecule is CNC(CCN1CC(C)OCC1C)c1ccccc1C. The maximum absolute atomic E-state index is 5.70. The molecule has 1 N–H and O–H groups in total. The fraction of sp³-hybridized carbons (Fsp3) is 0.647. The molecular weight excluding hydrogens is 248 g/mol. The van der Waals surface area contributed by atoms with Crippen LogP contribution >= 0.6 is 0 Å². The van der Waals surface area contributed by atoms with Gasteiger partial charge in [-0.1, -0.05) is 24.3 Å². The fourth-order valence-electron chi connectivity index (χ4n) is 3.01. The monoisotopic (exact) mass is 276 g/mol. The number of nitrogens with zero attached hydrogens (tertiary/aromatic N) is 1. The van der Waals surface area contributed by atoms with E-state index in [4.69, 9.17) is 4.74 Å². The molecule has 0 bridgehead atoms. The van der Waals surface area contributed by atoms with Crippen LogP contribution in [0.15, 0.2) is 24.3 Å². The summed E-state index contributed by atoms with van der Waals surface area (Å²) in [5, 5.41) is 3.47. The van der Waals surface area contributed by atoms with Crippen molar-refractivity contribution in [3.05, 3.63) is 35.4 Å².